The van der Waals surface area contributed by atoms with Gasteiger partial charge in [-0.2, -0.15) is 0 Å². The minimum atomic E-state index is 0.471. The molecule has 1 atom stereocenters. The lowest BCUT2D eigenvalue weighted by Crippen LogP contribution is -2.30. The molecular weight excluding hydrogens is 238 g/mol. The minimum Gasteiger partial charge on any atom is -0.316 e. The predicted molar refractivity (Wildman–Crippen MR) is 72.9 cm³/mol. The highest BCUT2D eigenvalue weighted by molar-refractivity contribution is 5.09. The van der Waals surface area contributed by atoms with Gasteiger partial charge >= 0.3 is 0 Å². The van der Waals surface area contributed by atoms with Gasteiger partial charge in [-0.05, 0) is 38.4 Å². The molecule has 5 nitrogen and oxygen atoms in total. The number of hydrogen-bond donors (Lipinski definition) is 1. The number of nitrogens with one attached hydrogen (secondary N) is 1. The predicted octanol–water partition coefficient (Wildman–Crippen LogP) is 1.50. The summed E-state index contributed by atoms with van der Waals surface area (Å²) in [5.74, 6) is 2.53. The number of nitrogens with zero attached hydrogens (tertiary/aromatic N) is 4. The molecule has 1 N–H and O–H groups in total. The first-order valence-corrected chi connectivity index (χ1v) is 6.85. The van der Waals surface area contributed by atoms with Crippen LogP contribution in [0.2, 0.25) is 0 Å². The fourth-order valence-corrected chi connectivity index (χ4v) is 2.62. The highest BCUT2D eigenvalue weighted by Crippen LogP contribution is 2.22. The van der Waals surface area contributed by atoms with Crippen LogP contribution in [0.15, 0.2) is 24.4 Å². The molecule has 3 heterocycles. The second-order valence-corrected chi connectivity index (χ2v) is 5.06. The molecule has 2 aromatic rings. The molecule has 1 unspecified atom stereocenters. The summed E-state index contributed by atoms with van der Waals surface area (Å²) in [6, 6.07) is 6.00. The number of hydrogen-bond acceptors (Lipinski definition) is 4. The van der Waals surface area contributed by atoms with Crippen molar-refractivity contribution < 1.29 is 0 Å². The van der Waals surface area contributed by atoms with E-state index in [0.29, 0.717) is 5.92 Å². The molecule has 0 spiro atoms. The lowest BCUT2D eigenvalue weighted by Gasteiger charge is -2.22. The van der Waals surface area contributed by atoms with Gasteiger partial charge in [-0.3, -0.25) is 4.98 Å². The zero-order valence-corrected chi connectivity index (χ0v) is 11.2. The molecule has 1 aliphatic heterocycles. The van der Waals surface area contributed by atoms with E-state index in [0.717, 1.165) is 37.0 Å². The number of piperidine rings is 1. The van der Waals surface area contributed by atoms with Gasteiger partial charge in [0, 0.05) is 18.7 Å². The molecule has 3 rings (SSSR count). The van der Waals surface area contributed by atoms with E-state index in [2.05, 4.69) is 25.1 Å². The van der Waals surface area contributed by atoms with Crippen LogP contribution in [0.5, 0.6) is 0 Å². The van der Waals surface area contributed by atoms with E-state index in [1.165, 1.54) is 12.8 Å². The summed E-state index contributed by atoms with van der Waals surface area (Å²) in [6.07, 6.45) is 4.23. The van der Waals surface area contributed by atoms with Crippen molar-refractivity contribution in [2.75, 3.05) is 13.1 Å². The van der Waals surface area contributed by atoms with Crippen molar-refractivity contribution in [1.29, 1.82) is 0 Å². The largest absolute Gasteiger partial charge is 0.316 e. The third-order valence-corrected chi connectivity index (χ3v) is 3.67. The Morgan fingerprint density at radius 2 is 2.32 bits per heavy atom. The van der Waals surface area contributed by atoms with Crippen molar-refractivity contribution in [2.24, 2.45) is 0 Å². The molecule has 0 radical (unpaired) electrons. The van der Waals surface area contributed by atoms with Crippen LogP contribution >= 0.6 is 0 Å². The summed E-state index contributed by atoms with van der Waals surface area (Å²) in [4.78, 5) is 4.39. The molecule has 0 bridgehead atoms. The van der Waals surface area contributed by atoms with E-state index in [-0.39, 0.29) is 0 Å². The van der Waals surface area contributed by atoms with E-state index in [1.54, 1.807) is 0 Å². The maximum Gasteiger partial charge on any atom is 0.137 e. The molecule has 2 aromatic heterocycles. The van der Waals surface area contributed by atoms with Crippen LogP contribution in [-0.4, -0.2) is 32.8 Å². The van der Waals surface area contributed by atoms with Gasteiger partial charge in [-0.15, -0.1) is 10.2 Å². The summed E-state index contributed by atoms with van der Waals surface area (Å²) in [6.45, 7) is 4.88. The maximum absolute atomic E-state index is 4.39. The second kappa shape index (κ2) is 5.48. The van der Waals surface area contributed by atoms with Gasteiger partial charge in [0.15, 0.2) is 0 Å². The van der Waals surface area contributed by atoms with Gasteiger partial charge in [0.25, 0.3) is 0 Å². The van der Waals surface area contributed by atoms with Gasteiger partial charge in [0.05, 0.1) is 12.2 Å². The van der Waals surface area contributed by atoms with Crippen molar-refractivity contribution in [3.63, 3.8) is 0 Å². The lowest BCUT2D eigenvalue weighted by atomic mass is 9.99. The third kappa shape index (κ3) is 2.66. The fraction of sp³-hybridized carbons (Fsp3) is 0.500. The topological polar surface area (TPSA) is 55.6 Å². The maximum atomic E-state index is 4.39. The molecule has 0 aliphatic carbocycles. The summed E-state index contributed by atoms with van der Waals surface area (Å²) < 4.78 is 2.19. The Morgan fingerprint density at radius 3 is 3.05 bits per heavy atom. The zero-order valence-electron chi connectivity index (χ0n) is 11.2. The van der Waals surface area contributed by atoms with Gasteiger partial charge in [-0.1, -0.05) is 6.07 Å². The zero-order chi connectivity index (χ0) is 13.1. The molecule has 0 saturated carbocycles. The van der Waals surface area contributed by atoms with E-state index in [1.807, 2.05) is 31.3 Å². The van der Waals surface area contributed by atoms with Crippen LogP contribution in [0.3, 0.4) is 0 Å². The second-order valence-electron chi connectivity index (χ2n) is 5.06. The first-order chi connectivity index (χ1) is 9.34. The van der Waals surface area contributed by atoms with Crippen molar-refractivity contribution in [1.82, 2.24) is 25.1 Å². The standard InChI is InChI=1S/C14H19N5/c1-11-17-18-14(12-5-4-7-15-9-12)19(11)10-13-6-2-3-8-16-13/h2-3,6,8,12,15H,4-5,7,9-10H2,1H3. The number of pyridine rings is 1. The van der Waals surface area contributed by atoms with Gasteiger partial charge < -0.3 is 9.88 Å². The summed E-state index contributed by atoms with van der Waals surface area (Å²) in [5, 5.41) is 12.1. The Hall–Kier alpha value is -1.75. The van der Waals surface area contributed by atoms with Gasteiger partial charge in [0.2, 0.25) is 0 Å². The molecule has 1 saturated heterocycles. The lowest BCUT2D eigenvalue weighted by molar-refractivity contribution is 0.433. The normalized spacial score (nSPS) is 19.5. The average Bonchev–Trinajstić information content (AvgIpc) is 2.82. The van der Waals surface area contributed by atoms with Gasteiger partial charge in [0.1, 0.15) is 11.6 Å². The van der Waals surface area contributed by atoms with Crippen molar-refractivity contribution >= 4 is 0 Å². The first kappa shape index (κ1) is 12.3. The van der Waals surface area contributed by atoms with E-state index in [9.17, 15) is 0 Å². The van der Waals surface area contributed by atoms with E-state index in [4.69, 9.17) is 0 Å². The molecule has 5 heteroatoms. The summed E-state index contributed by atoms with van der Waals surface area (Å²) in [5.41, 5.74) is 1.05. The average molecular weight is 257 g/mol. The summed E-state index contributed by atoms with van der Waals surface area (Å²) >= 11 is 0. The van der Waals surface area contributed by atoms with Crippen LogP contribution in [0, 0.1) is 6.92 Å². The van der Waals surface area contributed by atoms with Crippen LogP contribution in [0.25, 0.3) is 0 Å². The highest BCUT2D eigenvalue weighted by atomic mass is 15.3. The SMILES string of the molecule is Cc1nnc(C2CCCNC2)n1Cc1ccccn1. The van der Waals surface area contributed by atoms with Crippen LogP contribution in [-0.2, 0) is 6.54 Å². The number of aromatic nitrogens is 4. The quantitative estimate of drug-likeness (QED) is 0.905. The van der Waals surface area contributed by atoms with Crippen molar-refractivity contribution in [2.45, 2.75) is 32.2 Å². The minimum absolute atomic E-state index is 0.471. The Labute approximate surface area is 113 Å². The number of rotatable bonds is 3. The molecular formula is C14H19N5. The molecule has 100 valence electrons. The van der Waals surface area contributed by atoms with E-state index < -0.39 is 0 Å². The van der Waals surface area contributed by atoms with Crippen molar-refractivity contribution in [3.8, 4) is 0 Å². The van der Waals surface area contributed by atoms with Crippen LogP contribution < -0.4 is 5.32 Å². The van der Waals surface area contributed by atoms with E-state index >= 15 is 0 Å². The highest BCUT2D eigenvalue weighted by Gasteiger charge is 2.22. The summed E-state index contributed by atoms with van der Waals surface area (Å²) in [7, 11) is 0. The number of aryl methyl sites for hydroxylation is 1. The molecule has 1 fully saturated rings. The molecule has 0 aromatic carbocycles. The molecule has 1 aliphatic rings. The Balaban J connectivity index is 1.86. The smallest absolute Gasteiger partial charge is 0.137 e. The van der Waals surface area contributed by atoms with Crippen molar-refractivity contribution in [3.05, 3.63) is 41.7 Å². The Morgan fingerprint density at radius 1 is 1.37 bits per heavy atom. The monoisotopic (exact) mass is 257 g/mol. The molecule has 19 heavy (non-hydrogen) atoms. The van der Waals surface area contributed by atoms with Crippen LogP contribution in [0.1, 0.15) is 36.1 Å². The Bertz CT molecular complexity index is 528. The Kier molecular flexibility index (Phi) is 3.55. The van der Waals surface area contributed by atoms with Gasteiger partial charge in [-0.25, -0.2) is 0 Å². The fourth-order valence-electron chi connectivity index (χ4n) is 2.62. The van der Waals surface area contributed by atoms with Crippen LogP contribution in [0.4, 0.5) is 0 Å². The molecule has 0 amide bonds. The third-order valence-electron chi connectivity index (χ3n) is 3.67. The first-order valence-electron chi connectivity index (χ1n) is 6.85.